The zero-order valence-electron chi connectivity index (χ0n) is 17.9. The largest absolute Gasteiger partial charge is 0.465 e. The molecule has 0 radical (unpaired) electrons. The molecule has 2 aromatic rings. The minimum atomic E-state index is -0.354. The van der Waals surface area contributed by atoms with Crippen LogP contribution >= 0.6 is 0 Å². The fourth-order valence-electron chi connectivity index (χ4n) is 4.41. The molecule has 31 heavy (non-hydrogen) atoms. The summed E-state index contributed by atoms with van der Waals surface area (Å²) >= 11 is 0. The number of carbonyl (C=O) groups excluding carboxylic acids is 2. The standard InChI is InChI=1S/C25H29N3O3/c1-2-31-25(30)22-15-9-10-16-27(22)18-24(29)28-23(20-13-7-4-8-14-20)17-21(26-28)19-11-5-3-6-12-19/h3-8,11-14,22-23H,2,9-10,15-18H2,1H3/t22-,23+/m0/s1. The van der Waals surface area contributed by atoms with Crippen LogP contribution in [-0.4, -0.2) is 53.2 Å². The van der Waals surface area contributed by atoms with Gasteiger partial charge in [-0.25, -0.2) is 5.01 Å². The first-order valence-corrected chi connectivity index (χ1v) is 11.1. The van der Waals surface area contributed by atoms with Gasteiger partial charge < -0.3 is 4.74 Å². The number of carbonyl (C=O) groups is 2. The highest BCUT2D eigenvalue weighted by molar-refractivity contribution is 6.03. The second-order valence-corrected chi connectivity index (χ2v) is 8.02. The molecule has 2 aliphatic heterocycles. The number of hydrogen-bond donors (Lipinski definition) is 0. The third-order valence-corrected chi connectivity index (χ3v) is 5.97. The average Bonchev–Trinajstić information content (AvgIpc) is 3.26. The molecule has 0 spiro atoms. The lowest BCUT2D eigenvalue weighted by Crippen LogP contribution is -2.49. The molecule has 6 heteroatoms. The van der Waals surface area contributed by atoms with Gasteiger partial charge in [-0.3, -0.25) is 14.5 Å². The number of hydrogen-bond acceptors (Lipinski definition) is 5. The van der Waals surface area contributed by atoms with E-state index in [2.05, 4.69) is 0 Å². The normalized spacial score (nSPS) is 21.6. The van der Waals surface area contributed by atoms with Gasteiger partial charge in [0.15, 0.2) is 0 Å². The highest BCUT2D eigenvalue weighted by Gasteiger charge is 2.36. The first kappa shape index (κ1) is 21.2. The molecule has 0 unspecified atom stereocenters. The van der Waals surface area contributed by atoms with Crippen molar-refractivity contribution in [1.29, 1.82) is 0 Å². The van der Waals surface area contributed by atoms with Gasteiger partial charge in [-0.1, -0.05) is 67.1 Å². The van der Waals surface area contributed by atoms with Gasteiger partial charge in [0.2, 0.25) is 0 Å². The van der Waals surface area contributed by atoms with Crippen LogP contribution in [0.2, 0.25) is 0 Å². The van der Waals surface area contributed by atoms with Crippen LogP contribution in [0.1, 0.15) is 49.8 Å². The lowest BCUT2D eigenvalue weighted by Gasteiger charge is -2.34. The van der Waals surface area contributed by atoms with E-state index in [1.165, 1.54) is 0 Å². The van der Waals surface area contributed by atoms with Gasteiger partial charge in [-0.2, -0.15) is 5.10 Å². The number of amides is 1. The highest BCUT2D eigenvalue weighted by atomic mass is 16.5. The molecular weight excluding hydrogens is 390 g/mol. The highest BCUT2D eigenvalue weighted by Crippen LogP contribution is 2.33. The van der Waals surface area contributed by atoms with E-state index in [0.29, 0.717) is 19.6 Å². The van der Waals surface area contributed by atoms with Crippen molar-refractivity contribution < 1.29 is 14.3 Å². The van der Waals surface area contributed by atoms with Gasteiger partial charge in [-0.05, 0) is 37.4 Å². The number of piperidine rings is 1. The minimum absolute atomic E-state index is 0.0871. The third kappa shape index (κ3) is 4.85. The Bertz CT molecular complexity index is 930. The molecular formula is C25H29N3O3. The maximum atomic E-state index is 13.4. The number of ether oxygens (including phenoxy) is 1. The number of rotatable bonds is 6. The summed E-state index contributed by atoms with van der Waals surface area (Å²) in [5.74, 6) is -0.319. The lowest BCUT2D eigenvalue weighted by atomic mass is 9.98. The van der Waals surface area contributed by atoms with E-state index in [4.69, 9.17) is 9.84 Å². The smallest absolute Gasteiger partial charge is 0.323 e. The van der Waals surface area contributed by atoms with Crippen molar-refractivity contribution in [3.63, 3.8) is 0 Å². The molecule has 0 bridgehead atoms. The Morgan fingerprint density at radius 1 is 1.03 bits per heavy atom. The topological polar surface area (TPSA) is 62.2 Å². The van der Waals surface area contributed by atoms with Crippen molar-refractivity contribution in [1.82, 2.24) is 9.91 Å². The van der Waals surface area contributed by atoms with Crippen LogP contribution < -0.4 is 0 Å². The third-order valence-electron chi connectivity index (χ3n) is 5.97. The Kier molecular flexibility index (Phi) is 6.77. The second-order valence-electron chi connectivity index (χ2n) is 8.02. The molecule has 4 rings (SSSR count). The summed E-state index contributed by atoms with van der Waals surface area (Å²) in [7, 11) is 0. The van der Waals surface area contributed by atoms with Crippen LogP contribution in [0.4, 0.5) is 0 Å². The molecule has 6 nitrogen and oxygen atoms in total. The van der Waals surface area contributed by atoms with Gasteiger partial charge in [0, 0.05) is 6.42 Å². The predicted octanol–water partition coefficient (Wildman–Crippen LogP) is 3.78. The predicted molar refractivity (Wildman–Crippen MR) is 119 cm³/mol. The Morgan fingerprint density at radius 2 is 1.74 bits per heavy atom. The van der Waals surface area contributed by atoms with E-state index in [-0.39, 0.29) is 30.5 Å². The Morgan fingerprint density at radius 3 is 2.45 bits per heavy atom. The summed E-state index contributed by atoms with van der Waals surface area (Å²) < 4.78 is 5.25. The summed E-state index contributed by atoms with van der Waals surface area (Å²) in [5.41, 5.74) is 3.00. The molecule has 2 heterocycles. The van der Waals surface area contributed by atoms with Crippen LogP contribution in [0, 0.1) is 0 Å². The lowest BCUT2D eigenvalue weighted by molar-refractivity contribution is -0.152. The first-order chi connectivity index (χ1) is 15.2. The summed E-state index contributed by atoms with van der Waals surface area (Å²) in [6.07, 6.45) is 3.35. The Hall–Kier alpha value is -2.99. The number of nitrogens with zero attached hydrogens (tertiary/aromatic N) is 3. The van der Waals surface area contributed by atoms with Crippen LogP contribution in [0.5, 0.6) is 0 Å². The minimum Gasteiger partial charge on any atom is -0.465 e. The van der Waals surface area contributed by atoms with Crippen molar-refractivity contribution in [3.8, 4) is 0 Å². The number of benzene rings is 2. The van der Waals surface area contributed by atoms with Gasteiger partial charge in [0.1, 0.15) is 6.04 Å². The van der Waals surface area contributed by atoms with Crippen molar-refractivity contribution in [2.45, 2.75) is 44.7 Å². The van der Waals surface area contributed by atoms with Gasteiger partial charge in [0.05, 0.1) is 24.9 Å². The fourth-order valence-corrected chi connectivity index (χ4v) is 4.41. The maximum Gasteiger partial charge on any atom is 0.323 e. The summed E-state index contributed by atoms with van der Waals surface area (Å²) in [5, 5.41) is 6.36. The van der Waals surface area contributed by atoms with Gasteiger partial charge >= 0.3 is 5.97 Å². The molecule has 0 N–H and O–H groups in total. The first-order valence-electron chi connectivity index (χ1n) is 11.1. The number of esters is 1. The summed E-state index contributed by atoms with van der Waals surface area (Å²) in [6, 6.07) is 19.5. The van der Waals surface area contributed by atoms with E-state index < -0.39 is 0 Å². The Balaban J connectivity index is 1.57. The molecule has 2 aromatic carbocycles. The zero-order valence-corrected chi connectivity index (χ0v) is 17.9. The van der Waals surface area contributed by atoms with Crippen LogP contribution in [0.15, 0.2) is 65.8 Å². The number of likely N-dealkylation sites (tertiary alicyclic amines) is 1. The van der Waals surface area contributed by atoms with E-state index in [1.54, 1.807) is 5.01 Å². The molecule has 0 aliphatic carbocycles. The van der Waals surface area contributed by atoms with Crippen molar-refractivity contribution >= 4 is 17.6 Å². The molecule has 1 amide bonds. The summed E-state index contributed by atoms with van der Waals surface area (Å²) in [6.45, 7) is 3.04. The molecule has 162 valence electrons. The van der Waals surface area contributed by atoms with Crippen LogP contribution in [0.25, 0.3) is 0 Å². The second kappa shape index (κ2) is 9.88. The molecule has 1 fully saturated rings. The van der Waals surface area contributed by atoms with Crippen molar-refractivity contribution in [2.75, 3.05) is 19.7 Å². The quantitative estimate of drug-likeness (QED) is 0.669. The van der Waals surface area contributed by atoms with E-state index in [1.807, 2.05) is 72.5 Å². The monoisotopic (exact) mass is 419 g/mol. The average molecular weight is 420 g/mol. The van der Waals surface area contributed by atoms with E-state index in [0.717, 1.165) is 36.1 Å². The molecule has 1 saturated heterocycles. The number of hydrazone groups is 1. The molecule has 2 aliphatic rings. The molecule has 0 aromatic heterocycles. The summed E-state index contributed by atoms with van der Waals surface area (Å²) in [4.78, 5) is 27.8. The maximum absolute atomic E-state index is 13.4. The van der Waals surface area contributed by atoms with Crippen molar-refractivity contribution in [2.24, 2.45) is 5.10 Å². The fraction of sp³-hybridized carbons (Fsp3) is 0.400. The van der Waals surface area contributed by atoms with E-state index in [9.17, 15) is 9.59 Å². The SMILES string of the molecule is CCOC(=O)[C@@H]1CCCCN1CC(=O)N1N=C(c2ccccc2)C[C@@H]1c1ccccc1. The van der Waals surface area contributed by atoms with Gasteiger partial charge in [-0.15, -0.1) is 0 Å². The van der Waals surface area contributed by atoms with Crippen molar-refractivity contribution in [3.05, 3.63) is 71.8 Å². The zero-order chi connectivity index (χ0) is 21.6. The molecule has 2 atom stereocenters. The van der Waals surface area contributed by atoms with E-state index >= 15 is 0 Å². The van der Waals surface area contributed by atoms with Crippen LogP contribution in [-0.2, 0) is 14.3 Å². The van der Waals surface area contributed by atoms with Gasteiger partial charge in [0.25, 0.3) is 5.91 Å². The van der Waals surface area contributed by atoms with Crippen LogP contribution in [0.3, 0.4) is 0 Å². The molecule has 0 saturated carbocycles. The Labute approximate surface area is 183 Å².